The Morgan fingerprint density at radius 1 is 1.38 bits per heavy atom. The monoisotopic (exact) mass is 291 g/mol. The van der Waals surface area contributed by atoms with Crippen LogP contribution < -0.4 is 5.32 Å². The number of amides is 2. The summed E-state index contributed by atoms with van der Waals surface area (Å²) < 4.78 is 10.9. The predicted octanol–water partition coefficient (Wildman–Crippen LogP) is 1.34. The summed E-state index contributed by atoms with van der Waals surface area (Å²) in [6.45, 7) is 3.08. The van der Waals surface area contributed by atoms with Crippen LogP contribution in [0, 0.1) is 0 Å². The summed E-state index contributed by atoms with van der Waals surface area (Å²) in [6.07, 6.45) is 5.54. The lowest BCUT2D eigenvalue weighted by atomic mass is 10.1. The number of aromatic nitrogens is 1. The molecule has 1 aromatic heterocycles. The maximum Gasteiger partial charge on any atom is 0.318 e. The van der Waals surface area contributed by atoms with Crippen molar-refractivity contribution in [2.45, 2.75) is 25.0 Å². The Morgan fingerprint density at radius 2 is 2.24 bits per heavy atom. The highest BCUT2D eigenvalue weighted by Gasteiger charge is 2.30. The molecule has 2 aliphatic rings. The van der Waals surface area contributed by atoms with E-state index in [1.54, 1.807) is 12.4 Å². The smallest absolute Gasteiger partial charge is 0.318 e. The van der Waals surface area contributed by atoms with E-state index in [-0.39, 0.29) is 18.2 Å². The Kier molecular flexibility index (Phi) is 4.67. The van der Waals surface area contributed by atoms with Gasteiger partial charge in [-0.15, -0.1) is 0 Å². The molecule has 0 radical (unpaired) electrons. The number of nitrogens with zero attached hydrogens (tertiary/aromatic N) is 2. The Morgan fingerprint density at radius 3 is 3.00 bits per heavy atom. The van der Waals surface area contributed by atoms with Gasteiger partial charge in [-0.1, -0.05) is 0 Å². The van der Waals surface area contributed by atoms with Crippen molar-refractivity contribution in [3.8, 4) is 0 Å². The van der Waals surface area contributed by atoms with Gasteiger partial charge in [-0.3, -0.25) is 4.98 Å². The van der Waals surface area contributed by atoms with Crippen LogP contribution in [0.4, 0.5) is 4.79 Å². The first-order valence-corrected chi connectivity index (χ1v) is 7.48. The number of likely N-dealkylation sites (tertiary alicyclic amines) is 1. The van der Waals surface area contributed by atoms with Crippen LogP contribution in [0.1, 0.15) is 24.4 Å². The molecule has 1 N–H and O–H groups in total. The van der Waals surface area contributed by atoms with Gasteiger partial charge >= 0.3 is 6.03 Å². The molecule has 2 atom stereocenters. The lowest BCUT2D eigenvalue weighted by molar-refractivity contribution is -0.0856. The summed E-state index contributed by atoms with van der Waals surface area (Å²) in [7, 11) is 0. The first-order valence-electron chi connectivity index (χ1n) is 7.48. The molecule has 2 saturated heterocycles. The number of ether oxygens (including phenoxy) is 2. The standard InChI is InChI=1S/C15H21N3O3/c19-15(17-10-13-11-20-8-9-21-13)18-7-1-2-14(18)12-3-5-16-6-4-12/h3-6,13-14H,1-2,7-11H2,(H,17,19)/t13-,14-/m1/s1. The van der Waals surface area contributed by atoms with Gasteiger partial charge < -0.3 is 19.7 Å². The summed E-state index contributed by atoms with van der Waals surface area (Å²) in [5.41, 5.74) is 1.15. The van der Waals surface area contributed by atoms with Crippen LogP contribution in [-0.4, -0.2) is 54.9 Å². The van der Waals surface area contributed by atoms with Crippen molar-refractivity contribution in [2.24, 2.45) is 0 Å². The second kappa shape index (κ2) is 6.87. The van der Waals surface area contributed by atoms with Crippen LogP contribution in [0.5, 0.6) is 0 Å². The van der Waals surface area contributed by atoms with Gasteiger partial charge in [-0.25, -0.2) is 4.79 Å². The number of hydrogen-bond acceptors (Lipinski definition) is 4. The normalized spacial score (nSPS) is 25.8. The molecule has 6 heteroatoms. The molecule has 114 valence electrons. The van der Waals surface area contributed by atoms with E-state index in [2.05, 4.69) is 10.3 Å². The van der Waals surface area contributed by atoms with Crippen LogP contribution in [0.2, 0.25) is 0 Å². The van der Waals surface area contributed by atoms with Crippen LogP contribution in [0.3, 0.4) is 0 Å². The minimum absolute atomic E-state index is 0.0246. The van der Waals surface area contributed by atoms with Crippen LogP contribution >= 0.6 is 0 Å². The molecule has 3 rings (SSSR count). The molecule has 3 heterocycles. The van der Waals surface area contributed by atoms with Crippen molar-refractivity contribution < 1.29 is 14.3 Å². The topological polar surface area (TPSA) is 63.7 Å². The molecule has 0 saturated carbocycles. The Hall–Kier alpha value is -1.66. The molecule has 6 nitrogen and oxygen atoms in total. The van der Waals surface area contributed by atoms with Gasteiger partial charge in [0.25, 0.3) is 0 Å². The second-order valence-corrected chi connectivity index (χ2v) is 5.39. The van der Waals surface area contributed by atoms with Gasteiger partial charge in [0.05, 0.1) is 32.0 Å². The molecule has 21 heavy (non-hydrogen) atoms. The van der Waals surface area contributed by atoms with Crippen molar-refractivity contribution in [3.05, 3.63) is 30.1 Å². The van der Waals surface area contributed by atoms with Gasteiger partial charge in [0.1, 0.15) is 0 Å². The molecule has 0 unspecified atom stereocenters. The molecular formula is C15H21N3O3. The lowest BCUT2D eigenvalue weighted by Gasteiger charge is -2.27. The number of nitrogens with one attached hydrogen (secondary N) is 1. The molecule has 0 spiro atoms. The van der Waals surface area contributed by atoms with Crippen molar-refractivity contribution in [1.82, 2.24) is 15.2 Å². The summed E-state index contributed by atoms with van der Waals surface area (Å²) in [4.78, 5) is 18.3. The Balaban J connectivity index is 1.55. The van der Waals surface area contributed by atoms with E-state index >= 15 is 0 Å². The summed E-state index contributed by atoms with van der Waals surface area (Å²) in [5.74, 6) is 0. The van der Waals surface area contributed by atoms with E-state index in [0.29, 0.717) is 26.4 Å². The van der Waals surface area contributed by atoms with E-state index in [4.69, 9.17) is 9.47 Å². The molecule has 0 aliphatic carbocycles. The lowest BCUT2D eigenvalue weighted by Crippen LogP contribution is -2.45. The highest BCUT2D eigenvalue weighted by atomic mass is 16.6. The third-order valence-corrected chi connectivity index (χ3v) is 3.97. The quantitative estimate of drug-likeness (QED) is 0.913. The number of rotatable bonds is 3. The van der Waals surface area contributed by atoms with E-state index < -0.39 is 0 Å². The van der Waals surface area contributed by atoms with E-state index in [1.807, 2.05) is 17.0 Å². The molecule has 0 aromatic carbocycles. The summed E-state index contributed by atoms with van der Waals surface area (Å²) in [5, 5.41) is 2.96. The number of carbonyl (C=O) groups is 1. The zero-order valence-electron chi connectivity index (χ0n) is 12.0. The highest BCUT2D eigenvalue weighted by Crippen LogP contribution is 2.31. The largest absolute Gasteiger partial charge is 0.376 e. The van der Waals surface area contributed by atoms with Crippen LogP contribution in [-0.2, 0) is 9.47 Å². The molecule has 1 aromatic rings. The van der Waals surface area contributed by atoms with Gasteiger partial charge in [0.15, 0.2) is 0 Å². The molecule has 2 aliphatic heterocycles. The zero-order chi connectivity index (χ0) is 14.5. The first kappa shape index (κ1) is 14.3. The van der Waals surface area contributed by atoms with E-state index in [0.717, 1.165) is 24.9 Å². The number of urea groups is 1. The first-order chi connectivity index (χ1) is 10.3. The fraction of sp³-hybridized carbons (Fsp3) is 0.600. The molecular weight excluding hydrogens is 270 g/mol. The van der Waals surface area contributed by atoms with Gasteiger partial charge in [-0.2, -0.15) is 0 Å². The predicted molar refractivity (Wildman–Crippen MR) is 76.9 cm³/mol. The van der Waals surface area contributed by atoms with Gasteiger partial charge in [0.2, 0.25) is 0 Å². The third kappa shape index (κ3) is 3.51. The second-order valence-electron chi connectivity index (χ2n) is 5.39. The average Bonchev–Trinajstić information content (AvgIpc) is 3.04. The molecule has 2 amide bonds. The number of hydrogen-bond donors (Lipinski definition) is 1. The minimum Gasteiger partial charge on any atom is -0.376 e. The van der Waals surface area contributed by atoms with Gasteiger partial charge in [-0.05, 0) is 30.5 Å². The summed E-state index contributed by atoms with van der Waals surface area (Å²) in [6, 6.07) is 4.09. The van der Waals surface area contributed by atoms with Crippen molar-refractivity contribution >= 4 is 6.03 Å². The summed E-state index contributed by atoms with van der Waals surface area (Å²) >= 11 is 0. The number of carbonyl (C=O) groups excluding carboxylic acids is 1. The van der Waals surface area contributed by atoms with Gasteiger partial charge in [0, 0.05) is 25.5 Å². The zero-order valence-corrected chi connectivity index (χ0v) is 12.0. The van der Waals surface area contributed by atoms with Crippen molar-refractivity contribution in [1.29, 1.82) is 0 Å². The van der Waals surface area contributed by atoms with Crippen molar-refractivity contribution in [2.75, 3.05) is 32.9 Å². The van der Waals surface area contributed by atoms with Crippen molar-refractivity contribution in [3.63, 3.8) is 0 Å². The molecule has 2 fully saturated rings. The Bertz CT molecular complexity index is 462. The van der Waals surface area contributed by atoms with E-state index in [1.165, 1.54) is 0 Å². The Labute approximate surface area is 124 Å². The maximum absolute atomic E-state index is 12.4. The average molecular weight is 291 g/mol. The van der Waals surface area contributed by atoms with E-state index in [9.17, 15) is 4.79 Å². The fourth-order valence-corrected chi connectivity index (χ4v) is 2.90. The number of pyridine rings is 1. The van der Waals surface area contributed by atoms with Crippen LogP contribution in [0.25, 0.3) is 0 Å². The SMILES string of the molecule is O=C(NC[C@@H]1COCCO1)N1CCC[C@@H]1c1ccncc1. The maximum atomic E-state index is 12.4. The fourth-order valence-electron chi connectivity index (χ4n) is 2.90. The van der Waals surface area contributed by atoms with Crippen LogP contribution in [0.15, 0.2) is 24.5 Å². The third-order valence-electron chi connectivity index (χ3n) is 3.97. The minimum atomic E-state index is -0.0373. The molecule has 0 bridgehead atoms. The highest BCUT2D eigenvalue weighted by molar-refractivity contribution is 5.75.